The van der Waals surface area contributed by atoms with Gasteiger partial charge in [0.2, 0.25) is 0 Å². The number of nitrogens with zero attached hydrogens (tertiary/aromatic N) is 2. The number of fused-ring (bicyclic) bond motifs is 1. The topological polar surface area (TPSA) is 78.5 Å². The van der Waals surface area contributed by atoms with Crippen molar-refractivity contribution in [3.05, 3.63) is 75.2 Å². The molecule has 0 aliphatic rings. The van der Waals surface area contributed by atoms with E-state index in [1.807, 2.05) is 49.6 Å². The van der Waals surface area contributed by atoms with Crippen molar-refractivity contribution in [2.24, 2.45) is 7.05 Å². The lowest BCUT2D eigenvalue weighted by Crippen LogP contribution is -2.09. The molecular weight excluding hydrogens is 521 g/mol. The van der Waals surface area contributed by atoms with E-state index < -0.39 is 0 Å². The Labute approximate surface area is 199 Å². The van der Waals surface area contributed by atoms with E-state index in [9.17, 15) is 4.79 Å². The monoisotopic (exact) mass is 545 g/mol. The van der Waals surface area contributed by atoms with Gasteiger partial charge in [0.05, 0.1) is 23.1 Å². The van der Waals surface area contributed by atoms with Gasteiger partial charge in [-0.1, -0.05) is 18.2 Å². The van der Waals surface area contributed by atoms with Gasteiger partial charge in [0.1, 0.15) is 29.5 Å². The highest BCUT2D eigenvalue weighted by Gasteiger charge is 2.12. The highest BCUT2D eigenvalue weighted by Crippen LogP contribution is 2.28. The Hall–Kier alpha value is -3.01. The van der Waals surface area contributed by atoms with E-state index in [2.05, 4.69) is 45.1 Å². The highest BCUT2D eigenvalue weighted by molar-refractivity contribution is 14.1. The molecule has 2 heterocycles. The second-order valence-electron chi connectivity index (χ2n) is 7.32. The lowest BCUT2D eigenvalue weighted by Gasteiger charge is -2.11. The Kier molecular flexibility index (Phi) is 6.99. The van der Waals surface area contributed by atoms with Gasteiger partial charge < -0.3 is 19.2 Å². The number of nitrogens with one attached hydrogen (secondary N) is 1. The number of hydrogen-bond donors (Lipinski definition) is 1. The smallest absolute Gasteiger partial charge is 0.310 e. The number of aromatic nitrogens is 2. The standard InChI is InChI=1S/C24H24IN3O4/c1-3-30-23(29)13-17-6-4-5-7-21(17)31-15-16-10-18-12-19(32-24(18)20(25)11-16)14-26-22-8-9-28(2)27-22/h4-12H,3,13-15H2,1-2H3,(H,26,27). The van der Waals surface area contributed by atoms with Crippen molar-refractivity contribution in [3.8, 4) is 5.75 Å². The van der Waals surface area contributed by atoms with Crippen LogP contribution in [0.3, 0.4) is 0 Å². The summed E-state index contributed by atoms with van der Waals surface area (Å²) in [5.41, 5.74) is 2.70. The summed E-state index contributed by atoms with van der Waals surface area (Å²) in [6, 6.07) is 15.6. The Bertz CT molecular complexity index is 1230. The molecule has 4 rings (SSSR count). The minimum Gasteiger partial charge on any atom is -0.489 e. The first kappa shape index (κ1) is 22.2. The molecule has 0 aliphatic heterocycles. The summed E-state index contributed by atoms with van der Waals surface area (Å²) in [7, 11) is 1.88. The second-order valence-corrected chi connectivity index (χ2v) is 8.48. The number of carbonyl (C=O) groups excluding carboxylic acids is 1. The van der Waals surface area contributed by atoms with Gasteiger partial charge in [-0.25, -0.2) is 0 Å². The molecular formula is C24H24IN3O4. The third-order valence-corrected chi connectivity index (χ3v) is 5.65. The van der Waals surface area contributed by atoms with Crippen LogP contribution in [0, 0.1) is 3.57 Å². The number of esters is 1. The number of anilines is 1. The molecule has 7 nitrogen and oxygen atoms in total. The van der Waals surface area contributed by atoms with E-state index in [1.165, 1.54) is 0 Å². The average Bonchev–Trinajstić information content (AvgIpc) is 3.38. The van der Waals surface area contributed by atoms with Gasteiger partial charge in [-0.05, 0) is 59.3 Å². The molecule has 166 valence electrons. The van der Waals surface area contributed by atoms with Gasteiger partial charge in [0.15, 0.2) is 0 Å². The predicted molar refractivity (Wildman–Crippen MR) is 131 cm³/mol. The molecule has 0 radical (unpaired) electrons. The van der Waals surface area contributed by atoms with Crippen LogP contribution in [0.4, 0.5) is 5.82 Å². The highest BCUT2D eigenvalue weighted by atomic mass is 127. The maximum atomic E-state index is 11.9. The van der Waals surface area contributed by atoms with Crippen LogP contribution in [0.15, 0.2) is 59.1 Å². The Morgan fingerprint density at radius 1 is 1.22 bits per heavy atom. The van der Waals surface area contributed by atoms with Crippen molar-refractivity contribution in [3.63, 3.8) is 0 Å². The normalized spacial score (nSPS) is 11.0. The fourth-order valence-electron chi connectivity index (χ4n) is 3.40. The molecule has 4 aromatic rings. The zero-order chi connectivity index (χ0) is 22.5. The molecule has 0 atom stereocenters. The van der Waals surface area contributed by atoms with Gasteiger partial charge in [-0.15, -0.1) is 0 Å². The van der Waals surface area contributed by atoms with Crippen LogP contribution in [0.2, 0.25) is 0 Å². The van der Waals surface area contributed by atoms with Crippen LogP contribution >= 0.6 is 22.6 Å². The van der Waals surface area contributed by atoms with Crippen LogP contribution in [-0.4, -0.2) is 22.4 Å². The van der Waals surface area contributed by atoms with Crippen LogP contribution < -0.4 is 10.1 Å². The zero-order valence-corrected chi connectivity index (χ0v) is 20.1. The number of hydrogen-bond acceptors (Lipinski definition) is 6. The number of rotatable bonds is 9. The molecule has 32 heavy (non-hydrogen) atoms. The lowest BCUT2D eigenvalue weighted by atomic mass is 10.1. The van der Waals surface area contributed by atoms with Gasteiger partial charge >= 0.3 is 5.97 Å². The van der Waals surface area contributed by atoms with Gasteiger partial charge in [-0.2, -0.15) is 5.10 Å². The fraction of sp³-hybridized carbons (Fsp3) is 0.250. The summed E-state index contributed by atoms with van der Waals surface area (Å²) >= 11 is 2.28. The maximum Gasteiger partial charge on any atom is 0.310 e. The summed E-state index contributed by atoms with van der Waals surface area (Å²) in [5.74, 6) is 2.06. The quantitative estimate of drug-likeness (QED) is 0.234. The van der Waals surface area contributed by atoms with E-state index in [4.69, 9.17) is 13.9 Å². The number of furan rings is 1. The second kappa shape index (κ2) is 10.1. The summed E-state index contributed by atoms with van der Waals surface area (Å²) in [4.78, 5) is 11.9. The molecule has 1 N–H and O–H groups in total. The molecule has 0 spiro atoms. The SMILES string of the molecule is CCOC(=O)Cc1ccccc1OCc1cc(I)c2oc(CNc3ccn(C)n3)cc2c1. The molecule has 0 aliphatic carbocycles. The number of carbonyl (C=O) groups is 1. The van der Waals surface area contributed by atoms with Crippen LogP contribution in [0.25, 0.3) is 11.0 Å². The van der Waals surface area contributed by atoms with Crippen LogP contribution in [0.5, 0.6) is 5.75 Å². The molecule has 0 saturated carbocycles. The first-order valence-electron chi connectivity index (χ1n) is 10.3. The number of benzene rings is 2. The van der Waals surface area contributed by atoms with Crippen molar-refractivity contribution in [2.45, 2.75) is 26.5 Å². The van der Waals surface area contributed by atoms with Crippen LogP contribution in [0.1, 0.15) is 23.8 Å². The minimum atomic E-state index is -0.259. The molecule has 0 bridgehead atoms. The van der Waals surface area contributed by atoms with E-state index in [0.717, 1.165) is 37.2 Å². The lowest BCUT2D eigenvalue weighted by molar-refractivity contribution is -0.142. The summed E-state index contributed by atoms with van der Waals surface area (Å²) in [6.45, 7) is 3.10. The number of aryl methyl sites for hydroxylation is 1. The summed E-state index contributed by atoms with van der Waals surface area (Å²) in [6.07, 6.45) is 2.08. The molecule has 0 amide bonds. The molecule has 0 fully saturated rings. The Morgan fingerprint density at radius 2 is 2.06 bits per heavy atom. The first-order valence-corrected chi connectivity index (χ1v) is 11.4. The van der Waals surface area contributed by atoms with Crippen molar-refractivity contribution in [2.75, 3.05) is 11.9 Å². The fourth-order valence-corrected chi connectivity index (χ4v) is 4.22. The predicted octanol–water partition coefficient (Wildman–Crippen LogP) is 5.07. The van der Waals surface area contributed by atoms with Crippen LogP contribution in [-0.2, 0) is 36.2 Å². The molecule has 2 aromatic heterocycles. The Morgan fingerprint density at radius 3 is 2.84 bits per heavy atom. The zero-order valence-electron chi connectivity index (χ0n) is 17.9. The van der Waals surface area contributed by atoms with Crippen molar-refractivity contribution in [1.29, 1.82) is 0 Å². The van der Waals surface area contributed by atoms with E-state index in [1.54, 1.807) is 11.6 Å². The third-order valence-electron chi connectivity index (χ3n) is 4.85. The van der Waals surface area contributed by atoms with Crippen molar-refractivity contribution >= 4 is 45.3 Å². The summed E-state index contributed by atoms with van der Waals surface area (Å²) < 4.78 is 19.9. The number of para-hydroxylation sites is 1. The van der Waals surface area contributed by atoms with Gasteiger partial charge in [0.25, 0.3) is 0 Å². The third kappa shape index (κ3) is 5.42. The van der Waals surface area contributed by atoms with E-state index in [0.29, 0.717) is 25.5 Å². The molecule has 0 saturated heterocycles. The molecule has 2 aromatic carbocycles. The first-order chi connectivity index (χ1) is 15.5. The van der Waals surface area contributed by atoms with E-state index >= 15 is 0 Å². The van der Waals surface area contributed by atoms with Crippen molar-refractivity contribution in [1.82, 2.24) is 9.78 Å². The van der Waals surface area contributed by atoms with Gasteiger partial charge in [0, 0.05) is 30.3 Å². The average molecular weight is 545 g/mol. The maximum absolute atomic E-state index is 11.9. The molecule has 8 heteroatoms. The Balaban J connectivity index is 1.45. The van der Waals surface area contributed by atoms with Gasteiger partial charge in [-0.3, -0.25) is 9.48 Å². The summed E-state index contributed by atoms with van der Waals surface area (Å²) in [5, 5.41) is 8.60. The number of ether oxygens (including phenoxy) is 2. The minimum absolute atomic E-state index is 0.189. The number of halogens is 1. The van der Waals surface area contributed by atoms with E-state index in [-0.39, 0.29) is 12.4 Å². The van der Waals surface area contributed by atoms with Crippen molar-refractivity contribution < 1.29 is 18.7 Å². The molecule has 0 unspecified atom stereocenters. The largest absolute Gasteiger partial charge is 0.489 e.